The Morgan fingerprint density at radius 3 is 2.67 bits per heavy atom. The highest BCUT2D eigenvalue weighted by molar-refractivity contribution is 7.90. The van der Waals surface area contributed by atoms with Crippen molar-refractivity contribution in [3.63, 3.8) is 0 Å². The Bertz CT molecular complexity index is 801. The zero-order valence-corrected chi connectivity index (χ0v) is 13.2. The Labute approximate surface area is 128 Å². The zero-order chi connectivity index (χ0) is 15.2. The van der Waals surface area contributed by atoms with Crippen LogP contribution < -0.4 is 4.90 Å². The smallest absolute Gasteiger partial charge is 0.175 e. The summed E-state index contributed by atoms with van der Waals surface area (Å²) in [5, 5.41) is 0.402. The van der Waals surface area contributed by atoms with Crippen molar-refractivity contribution >= 4 is 32.9 Å². The largest absolute Gasteiger partial charge is 0.326 e. The Hall–Kier alpha value is -1.66. The van der Waals surface area contributed by atoms with Gasteiger partial charge in [0.2, 0.25) is 0 Å². The van der Waals surface area contributed by atoms with E-state index in [0.717, 1.165) is 30.0 Å². The number of hydrogen-bond acceptors (Lipinski definition) is 5. The molecule has 1 aromatic carbocycles. The van der Waals surface area contributed by atoms with Gasteiger partial charge in [-0.2, -0.15) is 0 Å². The van der Waals surface area contributed by atoms with Gasteiger partial charge in [0.15, 0.2) is 9.84 Å². The van der Waals surface area contributed by atoms with Crippen molar-refractivity contribution in [2.24, 2.45) is 0 Å². The van der Waals surface area contributed by atoms with Crippen molar-refractivity contribution in [2.75, 3.05) is 17.7 Å². The van der Waals surface area contributed by atoms with E-state index in [1.54, 1.807) is 25.1 Å². The van der Waals surface area contributed by atoms with Gasteiger partial charge in [-0.15, -0.1) is 0 Å². The summed E-state index contributed by atoms with van der Waals surface area (Å²) in [5.41, 5.74) is 1.97. The number of nitrogens with zero attached hydrogens (tertiary/aromatic N) is 3. The number of benzene rings is 1. The highest BCUT2D eigenvalue weighted by Gasteiger charge is 2.23. The number of halogens is 1. The molecular weight excluding hydrogens is 310 g/mol. The fraction of sp³-hybridized carbons (Fsp3) is 0.286. The van der Waals surface area contributed by atoms with Crippen LogP contribution in [0.1, 0.15) is 11.4 Å². The number of hydrogen-bond donors (Lipinski definition) is 0. The summed E-state index contributed by atoms with van der Waals surface area (Å²) < 4.78 is 23.2. The Kier molecular flexibility index (Phi) is 3.37. The first-order chi connectivity index (χ1) is 9.84. The van der Waals surface area contributed by atoms with Gasteiger partial charge in [-0.3, -0.25) is 0 Å². The molecule has 7 heteroatoms. The summed E-state index contributed by atoms with van der Waals surface area (Å²) >= 11 is 5.98. The van der Waals surface area contributed by atoms with E-state index in [9.17, 15) is 8.42 Å². The number of anilines is 2. The maximum absolute atomic E-state index is 11.6. The van der Waals surface area contributed by atoms with E-state index < -0.39 is 9.84 Å². The molecule has 0 unspecified atom stereocenters. The Balaban J connectivity index is 2.05. The monoisotopic (exact) mass is 323 g/mol. The lowest BCUT2D eigenvalue weighted by Crippen LogP contribution is -2.15. The molecule has 0 spiro atoms. The Morgan fingerprint density at radius 2 is 2.00 bits per heavy atom. The maximum Gasteiger partial charge on any atom is 0.175 e. The normalized spacial score (nSPS) is 14.3. The number of fused-ring (bicyclic) bond motifs is 1. The Morgan fingerprint density at radius 1 is 1.24 bits per heavy atom. The minimum absolute atomic E-state index is 0.347. The van der Waals surface area contributed by atoms with E-state index in [-0.39, 0.29) is 0 Å². The van der Waals surface area contributed by atoms with Crippen molar-refractivity contribution < 1.29 is 8.42 Å². The van der Waals surface area contributed by atoms with Crippen molar-refractivity contribution in [3.8, 4) is 0 Å². The molecule has 0 fully saturated rings. The first-order valence-corrected chi connectivity index (χ1v) is 8.73. The van der Waals surface area contributed by atoms with Gasteiger partial charge in [-0.25, -0.2) is 18.4 Å². The second-order valence-corrected chi connectivity index (χ2v) is 7.46. The molecule has 0 saturated heterocycles. The van der Waals surface area contributed by atoms with Gasteiger partial charge in [0, 0.05) is 24.6 Å². The first kappa shape index (κ1) is 14.3. The predicted octanol–water partition coefficient (Wildman–Crippen LogP) is 2.54. The molecule has 21 heavy (non-hydrogen) atoms. The fourth-order valence-electron chi connectivity index (χ4n) is 2.50. The summed E-state index contributed by atoms with van der Waals surface area (Å²) in [5.74, 6) is 1.34. The lowest BCUT2D eigenvalue weighted by molar-refractivity contribution is 0.602. The quantitative estimate of drug-likeness (QED) is 0.795. The van der Waals surface area contributed by atoms with Gasteiger partial charge in [-0.05, 0) is 37.1 Å². The molecule has 0 saturated carbocycles. The van der Waals surface area contributed by atoms with Crippen molar-refractivity contribution in [2.45, 2.75) is 18.2 Å². The number of aryl methyl sites for hydroxylation is 1. The van der Waals surface area contributed by atoms with Gasteiger partial charge in [-0.1, -0.05) is 11.6 Å². The van der Waals surface area contributed by atoms with Crippen molar-refractivity contribution in [3.05, 3.63) is 40.8 Å². The molecule has 110 valence electrons. The molecule has 0 atom stereocenters. The average Bonchev–Trinajstić information content (AvgIpc) is 2.79. The van der Waals surface area contributed by atoms with Crippen LogP contribution in [0, 0.1) is 6.92 Å². The van der Waals surface area contributed by atoms with Gasteiger partial charge in [0.1, 0.15) is 16.8 Å². The van der Waals surface area contributed by atoms with Crippen LogP contribution in [0.5, 0.6) is 0 Å². The second-order valence-electron chi connectivity index (χ2n) is 5.06. The maximum atomic E-state index is 11.6. The van der Waals surface area contributed by atoms with E-state index >= 15 is 0 Å². The van der Waals surface area contributed by atoms with Gasteiger partial charge < -0.3 is 4.90 Å². The average molecular weight is 324 g/mol. The van der Waals surface area contributed by atoms with E-state index in [1.165, 1.54) is 6.26 Å². The molecule has 0 aliphatic carbocycles. The predicted molar refractivity (Wildman–Crippen MR) is 82.0 cm³/mol. The first-order valence-electron chi connectivity index (χ1n) is 6.46. The van der Waals surface area contributed by atoms with Crippen LogP contribution in [0.15, 0.2) is 29.2 Å². The lowest BCUT2D eigenvalue weighted by Gasteiger charge is -2.18. The molecule has 1 aliphatic heterocycles. The summed E-state index contributed by atoms with van der Waals surface area (Å²) in [6, 6.07) is 6.90. The van der Waals surface area contributed by atoms with Crippen LogP contribution in [-0.2, 0) is 16.3 Å². The van der Waals surface area contributed by atoms with E-state index in [2.05, 4.69) is 9.97 Å². The molecule has 0 N–H and O–H groups in total. The second kappa shape index (κ2) is 4.96. The molecule has 1 aromatic heterocycles. The lowest BCUT2D eigenvalue weighted by atomic mass is 10.2. The highest BCUT2D eigenvalue weighted by atomic mass is 35.5. The SMILES string of the molecule is Cc1nc(Cl)cc(N2CCc3cc(S(C)(=O)=O)ccc32)n1. The summed E-state index contributed by atoms with van der Waals surface area (Å²) in [7, 11) is -3.19. The van der Waals surface area contributed by atoms with Crippen LogP contribution in [0.2, 0.25) is 5.15 Å². The minimum Gasteiger partial charge on any atom is -0.326 e. The van der Waals surface area contributed by atoms with Gasteiger partial charge >= 0.3 is 0 Å². The molecule has 1 aliphatic rings. The van der Waals surface area contributed by atoms with Crippen LogP contribution in [0.3, 0.4) is 0 Å². The van der Waals surface area contributed by atoms with E-state index in [1.807, 2.05) is 11.0 Å². The van der Waals surface area contributed by atoms with Gasteiger partial charge in [0.05, 0.1) is 4.90 Å². The number of sulfone groups is 1. The molecule has 0 amide bonds. The molecule has 5 nitrogen and oxygen atoms in total. The topological polar surface area (TPSA) is 63.2 Å². The standard InChI is InChI=1S/C14H14ClN3O2S/c1-9-16-13(15)8-14(17-9)18-6-5-10-7-11(21(2,19)20)3-4-12(10)18/h3-4,7-8H,5-6H2,1-2H3. The molecule has 0 bridgehead atoms. The van der Waals surface area contributed by atoms with Crippen molar-refractivity contribution in [1.82, 2.24) is 9.97 Å². The third-order valence-electron chi connectivity index (χ3n) is 3.44. The van der Waals surface area contributed by atoms with Crippen LogP contribution >= 0.6 is 11.6 Å². The molecule has 0 radical (unpaired) electrons. The van der Waals surface area contributed by atoms with Crippen LogP contribution in [-0.4, -0.2) is 31.2 Å². The van der Waals surface area contributed by atoms with E-state index in [4.69, 9.17) is 11.6 Å². The summed E-state index contributed by atoms with van der Waals surface area (Å²) in [6.07, 6.45) is 1.99. The number of aromatic nitrogens is 2. The van der Waals surface area contributed by atoms with Crippen LogP contribution in [0.4, 0.5) is 11.5 Å². The molecule has 3 rings (SSSR count). The fourth-order valence-corrected chi connectivity index (χ4v) is 3.39. The summed E-state index contributed by atoms with van der Waals surface area (Å²) in [4.78, 5) is 10.8. The van der Waals surface area contributed by atoms with E-state index in [0.29, 0.717) is 15.9 Å². The summed E-state index contributed by atoms with van der Waals surface area (Å²) in [6.45, 7) is 2.54. The van der Waals surface area contributed by atoms with Crippen molar-refractivity contribution in [1.29, 1.82) is 0 Å². The molecule has 2 heterocycles. The van der Waals surface area contributed by atoms with Crippen LogP contribution in [0.25, 0.3) is 0 Å². The van der Waals surface area contributed by atoms with Gasteiger partial charge in [0.25, 0.3) is 0 Å². The molecule has 2 aromatic rings. The number of rotatable bonds is 2. The highest BCUT2D eigenvalue weighted by Crippen LogP contribution is 2.35. The zero-order valence-electron chi connectivity index (χ0n) is 11.7. The minimum atomic E-state index is -3.19. The third kappa shape index (κ3) is 2.73. The third-order valence-corrected chi connectivity index (χ3v) is 4.75. The molecular formula is C14H14ClN3O2S.